The fourth-order valence-corrected chi connectivity index (χ4v) is 1.95. The number of aliphatic hydroxyl groups is 1. The van der Waals surface area contributed by atoms with Crippen molar-refractivity contribution in [2.75, 3.05) is 19.7 Å². The molecule has 0 aliphatic heterocycles. The third kappa shape index (κ3) is 4.10. The van der Waals surface area contributed by atoms with Gasteiger partial charge in [-0.3, -0.25) is 0 Å². The van der Waals surface area contributed by atoms with Gasteiger partial charge in [0.15, 0.2) is 0 Å². The number of aliphatic hydroxyl groups excluding tert-OH is 1. The van der Waals surface area contributed by atoms with E-state index in [4.69, 9.17) is 5.11 Å². The molecule has 0 rings (SSSR count). The third-order valence-electron chi connectivity index (χ3n) is 2.66. The summed E-state index contributed by atoms with van der Waals surface area (Å²) in [6.45, 7) is 13.5. The van der Waals surface area contributed by atoms with Gasteiger partial charge in [0.25, 0.3) is 0 Å². The van der Waals surface area contributed by atoms with E-state index in [1.165, 1.54) is 0 Å². The maximum Gasteiger partial charge on any atom is 0.0446 e. The van der Waals surface area contributed by atoms with Gasteiger partial charge < -0.3 is 10.0 Å². The second kappa shape index (κ2) is 5.61. The lowest BCUT2D eigenvalue weighted by atomic mass is 9.83. The summed E-state index contributed by atoms with van der Waals surface area (Å²) in [5.74, 6) is 0. The fraction of sp³-hybridized carbons (Fsp3) is 1.00. The minimum atomic E-state index is 0.259. The van der Waals surface area contributed by atoms with Crippen molar-refractivity contribution in [2.24, 2.45) is 5.41 Å². The van der Waals surface area contributed by atoms with Crippen molar-refractivity contribution in [3.63, 3.8) is 0 Å². The largest absolute Gasteiger partial charge is 0.396 e. The van der Waals surface area contributed by atoms with Gasteiger partial charge in [0.05, 0.1) is 0 Å². The van der Waals surface area contributed by atoms with E-state index in [1.807, 2.05) is 0 Å². The SMILES string of the molecule is CCN(CC)C(CCO)C(C)(C)C. The van der Waals surface area contributed by atoms with Gasteiger partial charge in [0.1, 0.15) is 0 Å². The second-order valence-corrected chi connectivity index (χ2v) is 4.62. The van der Waals surface area contributed by atoms with E-state index < -0.39 is 0 Å². The van der Waals surface area contributed by atoms with Crippen LogP contribution in [-0.4, -0.2) is 35.7 Å². The first-order valence-electron chi connectivity index (χ1n) is 5.32. The Hall–Kier alpha value is -0.0800. The van der Waals surface area contributed by atoms with Crippen LogP contribution in [0.25, 0.3) is 0 Å². The Morgan fingerprint density at radius 3 is 1.85 bits per heavy atom. The molecule has 0 amide bonds. The summed E-state index contributed by atoms with van der Waals surface area (Å²) < 4.78 is 0. The first-order valence-corrected chi connectivity index (χ1v) is 5.32. The van der Waals surface area contributed by atoms with Crippen molar-refractivity contribution in [2.45, 2.75) is 47.1 Å². The van der Waals surface area contributed by atoms with Crippen LogP contribution in [0.1, 0.15) is 41.0 Å². The van der Waals surface area contributed by atoms with Crippen LogP contribution in [0.3, 0.4) is 0 Å². The summed E-state index contributed by atoms with van der Waals surface area (Å²) in [5, 5.41) is 9.01. The molecule has 2 heteroatoms. The Morgan fingerprint density at radius 2 is 1.62 bits per heavy atom. The van der Waals surface area contributed by atoms with Crippen LogP contribution in [0.15, 0.2) is 0 Å². The maximum absolute atomic E-state index is 9.01. The van der Waals surface area contributed by atoms with Gasteiger partial charge in [-0.2, -0.15) is 0 Å². The zero-order chi connectivity index (χ0) is 10.5. The number of hydrogen-bond donors (Lipinski definition) is 1. The van der Waals surface area contributed by atoms with E-state index in [1.54, 1.807) is 0 Å². The molecule has 0 aliphatic carbocycles. The highest BCUT2D eigenvalue weighted by molar-refractivity contribution is 4.81. The average molecular weight is 187 g/mol. The van der Waals surface area contributed by atoms with Crippen molar-refractivity contribution in [3.8, 4) is 0 Å². The normalized spacial score (nSPS) is 15.0. The number of rotatable bonds is 5. The topological polar surface area (TPSA) is 23.5 Å². The highest BCUT2D eigenvalue weighted by Crippen LogP contribution is 2.26. The highest BCUT2D eigenvalue weighted by Gasteiger charge is 2.27. The monoisotopic (exact) mass is 187 g/mol. The lowest BCUT2D eigenvalue weighted by molar-refractivity contribution is 0.0834. The molecule has 2 nitrogen and oxygen atoms in total. The maximum atomic E-state index is 9.01. The lowest BCUT2D eigenvalue weighted by Crippen LogP contribution is -2.44. The fourth-order valence-electron chi connectivity index (χ4n) is 1.95. The molecule has 0 aromatic rings. The summed E-state index contributed by atoms with van der Waals surface area (Å²) in [6, 6.07) is 0.493. The smallest absolute Gasteiger partial charge is 0.0446 e. The molecule has 0 aromatic heterocycles. The summed E-state index contributed by atoms with van der Waals surface area (Å²) in [4.78, 5) is 2.43. The summed E-state index contributed by atoms with van der Waals surface area (Å²) in [7, 11) is 0. The van der Waals surface area contributed by atoms with Gasteiger partial charge in [-0.25, -0.2) is 0 Å². The minimum Gasteiger partial charge on any atom is -0.396 e. The Kier molecular flexibility index (Phi) is 5.57. The van der Waals surface area contributed by atoms with Gasteiger partial charge in [-0.15, -0.1) is 0 Å². The summed E-state index contributed by atoms with van der Waals surface area (Å²) in [5.41, 5.74) is 0.259. The molecule has 80 valence electrons. The number of nitrogens with zero attached hydrogens (tertiary/aromatic N) is 1. The van der Waals surface area contributed by atoms with E-state index in [9.17, 15) is 0 Å². The Bertz CT molecular complexity index is 125. The molecule has 0 radical (unpaired) electrons. The van der Waals surface area contributed by atoms with E-state index in [-0.39, 0.29) is 5.41 Å². The Balaban J connectivity index is 4.38. The molecule has 0 spiro atoms. The third-order valence-corrected chi connectivity index (χ3v) is 2.66. The molecule has 0 fully saturated rings. The molecule has 13 heavy (non-hydrogen) atoms. The minimum absolute atomic E-state index is 0.259. The first-order chi connectivity index (χ1) is 5.97. The van der Waals surface area contributed by atoms with Crippen LogP contribution in [0.5, 0.6) is 0 Å². The molecule has 0 saturated heterocycles. The summed E-state index contributed by atoms with van der Waals surface area (Å²) >= 11 is 0. The molecule has 0 heterocycles. The zero-order valence-corrected chi connectivity index (χ0v) is 9.80. The molecular formula is C11H25NO. The molecule has 1 unspecified atom stereocenters. The van der Waals surface area contributed by atoms with Crippen LogP contribution in [0, 0.1) is 5.41 Å². The van der Waals surface area contributed by atoms with Gasteiger partial charge in [-0.05, 0) is 24.9 Å². The predicted octanol–water partition coefficient (Wildman–Crippen LogP) is 2.13. The van der Waals surface area contributed by atoms with Crippen LogP contribution < -0.4 is 0 Å². The van der Waals surface area contributed by atoms with Crippen LogP contribution >= 0.6 is 0 Å². The lowest BCUT2D eigenvalue weighted by Gasteiger charge is -2.39. The average Bonchev–Trinajstić information content (AvgIpc) is 2.03. The summed E-state index contributed by atoms with van der Waals surface area (Å²) in [6.07, 6.45) is 0.880. The molecule has 0 aliphatic rings. The van der Waals surface area contributed by atoms with E-state index in [2.05, 4.69) is 39.5 Å². The molecule has 1 atom stereocenters. The second-order valence-electron chi connectivity index (χ2n) is 4.62. The van der Waals surface area contributed by atoms with Crippen molar-refractivity contribution >= 4 is 0 Å². The highest BCUT2D eigenvalue weighted by atomic mass is 16.3. The standard InChI is InChI=1S/C11H25NO/c1-6-12(7-2)10(8-9-13)11(3,4)5/h10,13H,6-9H2,1-5H3. The van der Waals surface area contributed by atoms with Crippen LogP contribution in [0.4, 0.5) is 0 Å². The van der Waals surface area contributed by atoms with Crippen LogP contribution in [-0.2, 0) is 0 Å². The molecular weight excluding hydrogens is 162 g/mol. The van der Waals surface area contributed by atoms with Gasteiger partial charge in [0, 0.05) is 12.6 Å². The van der Waals surface area contributed by atoms with Crippen molar-refractivity contribution < 1.29 is 5.11 Å². The van der Waals surface area contributed by atoms with Gasteiger partial charge in [0.2, 0.25) is 0 Å². The molecule has 0 aromatic carbocycles. The van der Waals surface area contributed by atoms with Gasteiger partial charge >= 0.3 is 0 Å². The van der Waals surface area contributed by atoms with E-state index in [0.717, 1.165) is 19.5 Å². The zero-order valence-electron chi connectivity index (χ0n) is 9.80. The van der Waals surface area contributed by atoms with E-state index in [0.29, 0.717) is 12.6 Å². The van der Waals surface area contributed by atoms with Crippen LogP contribution in [0.2, 0.25) is 0 Å². The Labute approximate surface area is 82.9 Å². The van der Waals surface area contributed by atoms with Crippen molar-refractivity contribution in [1.29, 1.82) is 0 Å². The van der Waals surface area contributed by atoms with Crippen molar-refractivity contribution in [3.05, 3.63) is 0 Å². The number of hydrogen-bond acceptors (Lipinski definition) is 2. The molecule has 1 N–H and O–H groups in total. The molecule has 0 bridgehead atoms. The molecule has 0 saturated carbocycles. The van der Waals surface area contributed by atoms with Gasteiger partial charge in [-0.1, -0.05) is 34.6 Å². The van der Waals surface area contributed by atoms with E-state index >= 15 is 0 Å². The van der Waals surface area contributed by atoms with Crippen molar-refractivity contribution in [1.82, 2.24) is 4.90 Å². The Morgan fingerprint density at radius 1 is 1.15 bits per heavy atom. The quantitative estimate of drug-likeness (QED) is 0.712. The first kappa shape index (κ1) is 12.9. The predicted molar refractivity (Wildman–Crippen MR) is 57.9 cm³/mol.